The first-order valence-electron chi connectivity index (χ1n) is 10.2. The summed E-state index contributed by atoms with van der Waals surface area (Å²) in [6.07, 6.45) is 0. The van der Waals surface area contributed by atoms with E-state index in [1.807, 2.05) is 32.0 Å². The van der Waals surface area contributed by atoms with Crippen LogP contribution in [0.3, 0.4) is 0 Å². The summed E-state index contributed by atoms with van der Waals surface area (Å²) >= 11 is 5.97. The Morgan fingerprint density at radius 2 is 1.69 bits per heavy atom. The number of carbonyl (C=O) groups excluding carboxylic acids is 1. The van der Waals surface area contributed by atoms with Crippen LogP contribution >= 0.6 is 11.6 Å². The molecule has 0 bridgehead atoms. The van der Waals surface area contributed by atoms with Crippen LogP contribution in [0.1, 0.15) is 32.7 Å². The molecule has 4 rings (SSSR count). The van der Waals surface area contributed by atoms with Crippen LogP contribution in [0.4, 0.5) is 4.39 Å². The van der Waals surface area contributed by atoms with Gasteiger partial charge in [0, 0.05) is 28.8 Å². The van der Waals surface area contributed by atoms with Crippen LogP contribution in [0.25, 0.3) is 11.3 Å². The van der Waals surface area contributed by atoms with Crippen molar-refractivity contribution in [3.05, 3.63) is 112 Å². The third kappa shape index (κ3) is 5.06. The van der Waals surface area contributed by atoms with E-state index in [9.17, 15) is 9.18 Å². The van der Waals surface area contributed by atoms with Crippen LogP contribution < -0.4 is 0 Å². The first kappa shape index (κ1) is 21.8. The summed E-state index contributed by atoms with van der Waals surface area (Å²) in [6, 6.07) is 20.8. The van der Waals surface area contributed by atoms with Crippen LogP contribution in [0.2, 0.25) is 5.02 Å². The van der Waals surface area contributed by atoms with E-state index in [1.54, 1.807) is 41.3 Å². The van der Waals surface area contributed by atoms with Gasteiger partial charge in [-0.25, -0.2) is 4.39 Å². The maximum atomic E-state index is 13.3. The van der Waals surface area contributed by atoms with Crippen LogP contribution in [-0.2, 0) is 13.1 Å². The lowest BCUT2D eigenvalue weighted by atomic mass is 10.0. The lowest BCUT2D eigenvalue weighted by Crippen LogP contribution is -2.30. The number of hydrogen-bond donors (Lipinski definition) is 0. The molecule has 6 heteroatoms. The van der Waals surface area contributed by atoms with Gasteiger partial charge in [-0.05, 0) is 61.4 Å². The second kappa shape index (κ2) is 9.37. The number of carbonyl (C=O) groups is 1. The largest absolute Gasteiger partial charge is 0.356 e. The molecule has 0 aliphatic rings. The molecular weight excluding hydrogens is 427 g/mol. The Labute approximate surface area is 191 Å². The van der Waals surface area contributed by atoms with E-state index in [4.69, 9.17) is 16.1 Å². The maximum Gasteiger partial charge on any atom is 0.254 e. The molecule has 4 aromatic rings. The van der Waals surface area contributed by atoms with Crippen LogP contribution in [0, 0.1) is 19.7 Å². The Kier molecular flexibility index (Phi) is 6.37. The van der Waals surface area contributed by atoms with E-state index in [0.717, 1.165) is 16.7 Å². The van der Waals surface area contributed by atoms with Gasteiger partial charge in [0.2, 0.25) is 0 Å². The minimum Gasteiger partial charge on any atom is -0.356 e. The molecule has 0 atom stereocenters. The topological polar surface area (TPSA) is 46.3 Å². The first-order chi connectivity index (χ1) is 15.4. The number of aromatic nitrogens is 1. The molecule has 0 saturated carbocycles. The zero-order valence-corrected chi connectivity index (χ0v) is 18.6. The van der Waals surface area contributed by atoms with Gasteiger partial charge in [0.05, 0.1) is 6.54 Å². The fraction of sp³-hybridized carbons (Fsp3) is 0.154. The van der Waals surface area contributed by atoms with Crippen LogP contribution in [-0.4, -0.2) is 16.0 Å². The number of rotatable bonds is 6. The minimum atomic E-state index is -0.320. The van der Waals surface area contributed by atoms with E-state index < -0.39 is 0 Å². The molecule has 0 unspecified atom stereocenters. The number of aryl methyl sites for hydroxylation is 2. The third-order valence-electron chi connectivity index (χ3n) is 5.22. The van der Waals surface area contributed by atoms with Crippen molar-refractivity contribution in [1.29, 1.82) is 0 Å². The lowest BCUT2D eigenvalue weighted by molar-refractivity contribution is 0.0726. The average molecular weight is 449 g/mol. The van der Waals surface area contributed by atoms with Gasteiger partial charge in [-0.3, -0.25) is 4.79 Å². The predicted octanol–water partition coefficient (Wildman–Crippen LogP) is 6.59. The molecule has 0 spiro atoms. The predicted molar refractivity (Wildman–Crippen MR) is 123 cm³/mol. The molecule has 0 N–H and O–H groups in total. The van der Waals surface area contributed by atoms with Crippen molar-refractivity contribution >= 4 is 17.5 Å². The number of benzene rings is 3. The highest BCUT2D eigenvalue weighted by molar-refractivity contribution is 6.30. The lowest BCUT2D eigenvalue weighted by Gasteiger charge is -2.22. The van der Waals surface area contributed by atoms with E-state index in [0.29, 0.717) is 28.6 Å². The summed E-state index contributed by atoms with van der Waals surface area (Å²) in [5, 5.41) is 4.75. The number of halogens is 2. The smallest absolute Gasteiger partial charge is 0.254 e. The van der Waals surface area contributed by atoms with Gasteiger partial charge in [0.1, 0.15) is 11.5 Å². The van der Waals surface area contributed by atoms with Crippen molar-refractivity contribution in [2.24, 2.45) is 0 Å². The van der Waals surface area contributed by atoms with Crippen molar-refractivity contribution in [3.8, 4) is 11.3 Å². The Morgan fingerprint density at radius 3 is 2.38 bits per heavy atom. The average Bonchev–Trinajstić information content (AvgIpc) is 3.23. The molecular formula is C26H22ClFN2O2. The highest BCUT2D eigenvalue weighted by Crippen LogP contribution is 2.26. The standard InChI is InChI=1S/C26H22ClFN2O2/c1-17-3-12-24(18(2)13-17)25-14-23(29-32-25)16-30(15-19-4-10-22(28)11-5-19)26(31)20-6-8-21(27)9-7-20/h3-14H,15-16H2,1-2H3. The van der Waals surface area contributed by atoms with E-state index in [2.05, 4.69) is 11.2 Å². The van der Waals surface area contributed by atoms with Gasteiger partial charge in [0.15, 0.2) is 5.76 Å². The molecule has 1 amide bonds. The zero-order valence-electron chi connectivity index (χ0n) is 17.8. The quantitative estimate of drug-likeness (QED) is 0.334. The monoisotopic (exact) mass is 448 g/mol. The van der Waals surface area contributed by atoms with E-state index in [-0.39, 0.29) is 18.3 Å². The fourth-order valence-corrected chi connectivity index (χ4v) is 3.71. The number of amides is 1. The molecule has 0 saturated heterocycles. The Bertz CT molecular complexity index is 1230. The highest BCUT2D eigenvalue weighted by atomic mass is 35.5. The molecule has 0 radical (unpaired) electrons. The Hall–Kier alpha value is -3.44. The molecule has 32 heavy (non-hydrogen) atoms. The summed E-state index contributed by atoms with van der Waals surface area (Å²) in [5.74, 6) is 0.152. The van der Waals surface area contributed by atoms with Gasteiger partial charge >= 0.3 is 0 Å². The second-order valence-electron chi connectivity index (χ2n) is 7.80. The van der Waals surface area contributed by atoms with Crippen molar-refractivity contribution < 1.29 is 13.7 Å². The zero-order chi connectivity index (χ0) is 22.7. The first-order valence-corrected chi connectivity index (χ1v) is 10.6. The maximum absolute atomic E-state index is 13.3. The van der Waals surface area contributed by atoms with Crippen LogP contribution in [0.15, 0.2) is 77.3 Å². The molecule has 1 heterocycles. The fourth-order valence-electron chi connectivity index (χ4n) is 3.58. The molecule has 162 valence electrons. The van der Waals surface area contributed by atoms with Crippen LogP contribution in [0.5, 0.6) is 0 Å². The molecule has 1 aromatic heterocycles. The molecule has 3 aromatic carbocycles. The SMILES string of the molecule is Cc1ccc(-c2cc(CN(Cc3ccc(F)cc3)C(=O)c3ccc(Cl)cc3)no2)c(C)c1. The van der Waals surface area contributed by atoms with E-state index in [1.165, 1.54) is 17.7 Å². The van der Waals surface area contributed by atoms with Crippen molar-refractivity contribution in [1.82, 2.24) is 10.1 Å². The van der Waals surface area contributed by atoms with Gasteiger partial charge in [-0.15, -0.1) is 0 Å². The van der Waals surface area contributed by atoms with Crippen molar-refractivity contribution in [2.75, 3.05) is 0 Å². The van der Waals surface area contributed by atoms with E-state index >= 15 is 0 Å². The van der Waals surface area contributed by atoms with Gasteiger partial charge in [0.25, 0.3) is 5.91 Å². The van der Waals surface area contributed by atoms with Crippen molar-refractivity contribution in [3.63, 3.8) is 0 Å². The molecule has 4 nitrogen and oxygen atoms in total. The summed E-state index contributed by atoms with van der Waals surface area (Å²) in [4.78, 5) is 14.9. The molecule has 0 aliphatic heterocycles. The Morgan fingerprint density at radius 1 is 0.969 bits per heavy atom. The molecule has 0 aliphatic carbocycles. The number of nitrogens with zero attached hydrogens (tertiary/aromatic N) is 2. The summed E-state index contributed by atoms with van der Waals surface area (Å²) < 4.78 is 18.9. The summed E-state index contributed by atoms with van der Waals surface area (Å²) in [6.45, 7) is 4.61. The second-order valence-corrected chi connectivity index (χ2v) is 8.23. The van der Waals surface area contributed by atoms with Gasteiger partial charge in [-0.1, -0.05) is 52.7 Å². The normalized spacial score (nSPS) is 10.9. The highest BCUT2D eigenvalue weighted by Gasteiger charge is 2.19. The summed E-state index contributed by atoms with van der Waals surface area (Å²) in [5.41, 5.74) is 5.17. The minimum absolute atomic E-state index is 0.179. The number of hydrogen-bond acceptors (Lipinski definition) is 3. The van der Waals surface area contributed by atoms with Crippen molar-refractivity contribution in [2.45, 2.75) is 26.9 Å². The van der Waals surface area contributed by atoms with Gasteiger partial charge in [-0.2, -0.15) is 0 Å². The molecule has 0 fully saturated rings. The third-order valence-corrected chi connectivity index (χ3v) is 5.48. The Balaban J connectivity index is 1.61. The summed E-state index contributed by atoms with van der Waals surface area (Å²) in [7, 11) is 0. The van der Waals surface area contributed by atoms with Gasteiger partial charge < -0.3 is 9.42 Å².